The maximum absolute atomic E-state index is 12.3. The van der Waals surface area contributed by atoms with Crippen LogP contribution >= 0.6 is 11.6 Å². The van der Waals surface area contributed by atoms with E-state index in [9.17, 15) is 4.79 Å². The van der Waals surface area contributed by atoms with Crippen LogP contribution in [-0.4, -0.2) is 30.3 Å². The zero-order chi connectivity index (χ0) is 18.2. The van der Waals surface area contributed by atoms with Crippen LogP contribution < -0.4 is 10.8 Å². The van der Waals surface area contributed by atoms with Crippen molar-refractivity contribution in [2.75, 3.05) is 0 Å². The van der Waals surface area contributed by atoms with E-state index in [1.54, 1.807) is 0 Å². The van der Waals surface area contributed by atoms with Gasteiger partial charge in [0.05, 0.1) is 17.6 Å². The SMILES string of the molecule is CC1(C)OB(c2cc(CC(=O)NC3CCCC3)ccc2Cl)OC1(C)C. The van der Waals surface area contributed by atoms with Crippen molar-refractivity contribution in [3.8, 4) is 0 Å². The molecular formula is C19H27BClNO3. The van der Waals surface area contributed by atoms with Crippen LogP contribution in [0.15, 0.2) is 18.2 Å². The average molecular weight is 364 g/mol. The predicted octanol–water partition coefficient (Wildman–Crippen LogP) is 3.24. The molecule has 0 radical (unpaired) electrons. The highest BCUT2D eigenvalue weighted by molar-refractivity contribution is 6.65. The molecule has 4 nitrogen and oxygen atoms in total. The van der Waals surface area contributed by atoms with Gasteiger partial charge in [0.15, 0.2) is 0 Å². The van der Waals surface area contributed by atoms with Gasteiger partial charge in [0.2, 0.25) is 5.91 Å². The highest BCUT2D eigenvalue weighted by Gasteiger charge is 2.52. The lowest BCUT2D eigenvalue weighted by Gasteiger charge is -2.32. The summed E-state index contributed by atoms with van der Waals surface area (Å²) in [6.07, 6.45) is 4.94. The standard InChI is InChI=1S/C19H27BClNO3/c1-18(2)19(3,4)25-20(24-18)15-11-13(9-10-16(15)21)12-17(23)22-14-7-5-6-8-14/h9-11,14H,5-8,12H2,1-4H3,(H,22,23). The Kier molecular flexibility index (Phi) is 5.20. The molecule has 1 amide bonds. The summed E-state index contributed by atoms with van der Waals surface area (Å²) in [6, 6.07) is 5.98. The number of rotatable bonds is 4. The van der Waals surface area contributed by atoms with Crippen molar-refractivity contribution < 1.29 is 14.1 Å². The lowest BCUT2D eigenvalue weighted by atomic mass is 9.78. The molecule has 1 saturated carbocycles. The van der Waals surface area contributed by atoms with E-state index in [-0.39, 0.29) is 5.91 Å². The first-order valence-corrected chi connectivity index (χ1v) is 9.49. The monoisotopic (exact) mass is 363 g/mol. The third-order valence-electron chi connectivity index (χ3n) is 5.65. The molecule has 1 heterocycles. The molecule has 1 aromatic carbocycles. The normalized spacial score (nSPS) is 22.4. The second kappa shape index (κ2) is 6.94. The minimum Gasteiger partial charge on any atom is -0.399 e. The average Bonchev–Trinajstić information content (AvgIpc) is 3.07. The molecule has 25 heavy (non-hydrogen) atoms. The highest BCUT2D eigenvalue weighted by atomic mass is 35.5. The van der Waals surface area contributed by atoms with Crippen LogP contribution in [0.5, 0.6) is 0 Å². The van der Waals surface area contributed by atoms with Crippen molar-refractivity contribution in [3.05, 3.63) is 28.8 Å². The van der Waals surface area contributed by atoms with E-state index in [1.807, 2.05) is 45.9 Å². The molecule has 3 rings (SSSR count). The van der Waals surface area contributed by atoms with Gasteiger partial charge in [0.1, 0.15) is 0 Å². The number of amides is 1. The van der Waals surface area contributed by atoms with Crippen molar-refractivity contribution in [2.45, 2.75) is 77.0 Å². The van der Waals surface area contributed by atoms with Crippen LogP contribution in [0, 0.1) is 0 Å². The van der Waals surface area contributed by atoms with Gasteiger partial charge in [-0.3, -0.25) is 4.79 Å². The third-order valence-corrected chi connectivity index (χ3v) is 6.00. The molecule has 1 aliphatic heterocycles. The molecule has 0 unspecified atom stereocenters. The Morgan fingerprint density at radius 3 is 2.40 bits per heavy atom. The van der Waals surface area contributed by atoms with E-state index in [4.69, 9.17) is 20.9 Å². The van der Waals surface area contributed by atoms with Gasteiger partial charge >= 0.3 is 7.12 Å². The minimum absolute atomic E-state index is 0.0640. The third kappa shape index (κ3) is 4.04. The Morgan fingerprint density at radius 1 is 1.20 bits per heavy atom. The van der Waals surface area contributed by atoms with Gasteiger partial charge in [-0.2, -0.15) is 0 Å². The smallest absolute Gasteiger partial charge is 0.399 e. The summed E-state index contributed by atoms with van der Waals surface area (Å²) >= 11 is 6.38. The molecule has 1 N–H and O–H groups in total. The Hall–Kier alpha value is -1.04. The summed E-state index contributed by atoms with van der Waals surface area (Å²) in [7, 11) is -0.518. The van der Waals surface area contributed by atoms with E-state index in [0.29, 0.717) is 17.5 Å². The molecule has 6 heteroatoms. The Bertz CT molecular complexity index is 640. The number of hydrogen-bond acceptors (Lipinski definition) is 3. The molecule has 1 saturated heterocycles. The fourth-order valence-corrected chi connectivity index (χ4v) is 3.59. The predicted molar refractivity (Wildman–Crippen MR) is 101 cm³/mol. The first-order valence-electron chi connectivity index (χ1n) is 9.11. The van der Waals surface area contributed by atoms with E-state index in [1.165, 1.54) is 12.8 Å². The summed E-state index contributed by atoms with van der Waals surface area (Å²) < 4.78 is 12.2. The molecule has 0 bridgehead atoms. The lowest BCUT2D eigenvalue weighted by Crippen LogP contribution is -2.41. The van der Waals surface area contributed by atoms with E-state index in [2.05, 4.69) is 5.32 Å². The molecule has 2 aliphatic rings. The van der Waals surface area contributed by atoms with Crippen molar-refractivity contribution >= 4 is 30.1 Å². The molecule has 2 fully saturated rings. The van der Waals surface area contributed by atoms with E-state index in [0.717, 1.165) is 23.9 Å². The zero-order valence-corrected chi connectivity index (χ0v) is 16.3. The number of benzene rings is 1. The van der Waals surface area contributed by atoms with Crippen LogP contribution in [0.1, 0.15) is 58.9 Å². The molecule has 0 atom stereocenters. The van der Waals surface area contributed by atoms with Gasteiger partial charge in [0, 0.05) is 16.5 Å². The first-order chi connectivity index (χ1) is 11.7. The van der Waals surface area contributed by atoms with Gasteiger partial charge in [0.25, 0.3) is 0 Å². The fraction of sp³-hybridized carbons (Fsp3) is 0.632. The lowest BCUT2D eigenvalue weighted by molar-refractivity contribution is -0.121. The van der Waals surface area contributed by atoms with E-state index < -0.39 is 18.3 Å². The zero-order valence-electron chi connectivity index (χ0n) is 15.5. The summed E-state index contributed by atoms with van der Waals surface area (Å²) in [5.41, 5.74) is 0.865. The molecule has 0 spiro atoms. The Morgan fingerprint density at radius 2 is 1.80 bits per heavy atom. The number of carbonyl (C=O) groups is 1. The number of nitrogens with one attached hydrogen (secondary N) is 1. The van der Waals surface area contributed by atoms with Crippen molar-refractivity contribution in [1.82, 2.24) is 5.32 Å². The topological polar surface area (TPSA) is 47.6 Å². The number of halogens is 1. The summed E-state index contributed by atoms with van der Waals surface area (Å²) in [5, 5.41) is 3.72. The Balaban J connectivity index is 1.71. The van der Waals surface area contributed by atoms with Gasteiger partial charge in [-0.05, 0) is 52.2 Å². The molecule has 1 aliphatic carbocycles. The van der Waals surface area contributed by atoms with Crippen LogP contribution in [0.25, 0.3) is 0 Å². The van der Waals surface area contributed by atoms with Crippen LogP contribution in [0.4, 0.5) is 0 Å². The molecule has 1 aromatic rings. The minimum atomic E-state index is -0.518. The van der Waals surface area contributed by atoms with Crippen LogP contribution in [0.3, 0.4) is 0 Å². The quantitative estimate of drug-likeness (QED) is 0.835. The van der Waals surface area contributed by atoms with Crippen molar-refractivity contribution in [2.24, 2.45) is 0 Å². The van der Waals surface area contributed by atoms with Gasteiger partial charge in [-0.15, -0.1) is 0 Å². The second-order valence-corrected chi connectivity index (χ2v) is 8.58. The van der Waals surface area contributed by atoms with Crippen LogP contribution in [0.2, 0.25) is 5.02 Å². The number of hydrogen-bond donors (Lipinski definition) is 1. The summed E-state index contributed by atoms with van der Waals surface area (Å²) in [5.74, 6) is 0.0640. The summed E-state index contributed by atoms with van der Waals surface area (Å²) in [4.78, 5) is 12.3. The van der Waals surface area contributed by atoms with Gasteiger partial charge < -0.3 is 14.6 Å². The van der Waals surface area contributed by atoms with Gasteiger partial charge in [-0.1, -0.05) is 36.6 Å². The fourth-order valence-electron chi connectivity index (χ4n) is 3.39. The van der Waals surface area contributed by atoms with E-state index >= 15 is 0 Å². The first kappa shape index (κ1) is 18.7. The molecule has 0 aromatic heterocycles. The second-order valence-electron chi connectivity index (χ2n) is 8.17. The summed E-state index contributed by atoms with van der Waals surface area (Å²) in [6.45, 7) is 8.05. The number of carbonyl (C=O) groups excluding carboxylic acids is 1. The van der Waals surface area contributed by atoms with Gasteiger partial charge in [-0.25, -0.2) is 0 Å². The molecule has 136 valence electrons. The maximum atomic E-state index is 12.3. The maximum Gasteiger partial charge on any atom is 0.496 e. The highest BCUT2D eigenvalue weighted by Crippen LogP contribution is 2.37. The van der Waals surface area contributed by atoms with Crippen molar-refractivity contribution in [3.63, 3.8) is 0 Å². The van der Waals surface area contributed by atoms with Crippen LogP contribution in [-0.2, 0) is 20.5 Å². The largest absolute Gasteiger partial charge is 0.496 e. The molecular weight excluding hydrogens is 336 g/mol. The van der Waals surface area contributed by atoms with Crippen molar-refractivity contribution in [1.29, 1.82) is 0 Å². The Labute approximate surface area is 155 Å².